The zero-order valence-corrected chi connectivity index (χ0v) is 10.6. The van der Waals surface area contributed by atoms with E-state index in [1.54, 1.807) is 6.07 Å². The lowest BCUT2D eigenvalue weighted by Gasteiger charge is -2.13. The summed E-state index contributed by atoms with van der Waals surface area (Å²) < 4.78 is 13.6. The van der Waals surface area contributed by atoms with Crippen molar-refractivity contribution in [2.75, 3.05) is 0 Å². The molecule has 1 rings (SSSR count). The van der Waals surface area contributed by atoms with Crippen molar-refractivity contribution >= 4 is 15.9 Å². The van der Waals surface area contributed by atoms with Crippen molar-refractivity contribution < 1.29 is 4.39 Å². The molecule has 1 atom stereocenters. The number of hydrogen-bond acceptors (Lipinski definition) is 1. The minimum atomic E-state index is -0.230. The fourth-order valence-electron chi connectivity index (χ4n) is 1.57. The number of hydrogen-bond donors (Lipinski definition) is 1. The normalized spacial score (nSPS) is 12.8. The Labute approximate surface area is 99.0 Å². The first-order chi connectivity index (χ1) is 7.15. The van der Waals surface area contributed by atoms with Crippen molar-refractivity contribution in [2.45, 2.75) is 38.6 Å². The van der Waals surface area contributed by atoms with Crippen LogP contribution in [0.2, 0.25) is 0 Å². The van der Waals surface area contributed by atoms with Crippen LogP contribution in [0.25, 0.3) is 0 Å². The lowest BCUT2D eigenvalue weighted by Crippen LogP contribution is -2.10. The van der Waals surface area contributed by atoms with Crippen LogP contribution in [0.4, 0.5) is 4.39 Å². The van der Waals surface area contributed by atoms with Crippen molar-refractivity contribution in [3.63, 3.8) is 0 Å². The van der Waals surface area contributed by atoms with Crippen LogP contribution in [-0.2, 0) is 0 Å². The number of halogens is 2. The summed E-state index contributed by atoms with van der Waals surface area (Å²) >= 11 is 3.34. The summed E-state index contributed by atoms with van der Waals surface area (Å²) in [6.07, 6.45) is 4.48. The molecule has 1 nitrogen and oxygen atoms in total. The van der Waals surface area contributed by atoms with Crippen molar-refractivity contribution in [1.29, 1.82) is 0 Å². The average Bonchev–Trinajstić information content (AvgIpc) is 2.17. The quantitative estimate of drug-likeness (QED) is 0.801. The molecule has 0 saturated carbocycles. The van der Waals surface area contributed by atoms with Crippen LogP contribution in [-0.4, -0.2) is 0 Å². The lowest BCUT2D eigenvalue weighted by atomic mass is 10.0. The van der Waals surface area contributed by atoms with E-state index in [4.69, 9.17) is 5.73 Å². The summed E-state index contributed by atoms with van der Waals surface area (Å²) in [4.78, 5) is 0. The molecule has 0 aliphatic carbocycles. The van der Waals surface area contributed by atoms with E-state index in [1.807, 2.05) is 0 Å². The Morgan fingerprint density at radius 1 is 1.40 bits per heavy atom. The molecular formula is C12H17BrFN. The van der Waals surface area contributed by atoms with Crippen LogP contribution >= 0.6 is 15.9 Å². The fraction of sp³-hybridized carbons (Fsp3) is 0.500. The standard InChI is InChI=1S/C12H17BrFN/c1-2-3-4-5-12(15)10-7-6-9(14)8-11(10)13/h6-8,12H,2-5,15H2,1H3/t12-/m1/s1. The van der Waals surface area contributed by atoms with Crippen molar-refractivity contribution in [2.24, 2.45) is 5.73 Å². The maximum atomic E-state index is 12.8. The van der Waals surface area contributed by atoms with Gasteiger partial charge in [0.2, 0.25) is 0 Å². The highest BCUT2D eigenvalue weighted by Crippen LogP contribution is 2.26. The third kappa shape index (κ3) is 3.92. The van der Waals surface area contributed by atoms with E-state index in [-0.39, 0.29) is 11.9 Å². The van der Waals surface area contributed by atoms with Gasteiger partial charge in [0, 0.05) is 10.5 Å². The largest absolute Gasteiger partial charge is 0.324 e. The molecular weight excluding hydrogens is 257 g/mol. The van der Waals surface area contributed by atoms with Gasteiger partial charge in [-0.1, -0.05) is 48.2 Å². The minimum Gasteiger partial charge on any atom is -0.324 e. The van der Waals surface area contributed by atoms with Crippen LogP contribution < -0.4 is 5.73 Å². The Bertz CT molecular complexity index is 314. The predicted octanol–water partition coefficient (Wildman–Crippen LogP) is 4.17. The highest BCUT2D eigenvalue weighted by molar-refractivity contribution is 9.10. The predicted molar refractivity (Wildman–Crippen MR) is 65.2 cm³/mol. The maximum Gasteiger partial charge on any atom is 0.124 e. The van der Waals surface area contributed by atoms with Crippen LogP contribution in [0.5, 0.6) is 0 Å². The summed E-state index contributed by atoms with van der Waals surface area (Å²) in [6.45, 7) is 2.17. The molecule has 15 heavy (non-hydrogen) atoms. The molecule has 3 heteroatoms. The number of nitrogens with two attached hydrogens (primary N) is 1. The lowest BCUT2D eigenvalue weighted by molar-refractivity contribution is 0.576. The molecule has 0 spiro atoms. The first-order valence-corrected chi connectivity index (χ1v) is 6.15. The molecule has 2 N–H and O–H groups in total. The SMILES string of the molecule is CCCCC[C@@H](N)c1ccc(F)cc1Br. The molecule has 84 valence electrons. The summed E-state index contributed by atoms with van der Waals surface area (Å²) in [7, 11) is 0. The second-order valence-corrected chi connectivity index (χ2v) is 4.62. The molecule has 0 unspecified atom stereocenters. The zero-order valence-electron chi connectivity index (χ0n) is 8.97. The Morgan fingerprint density at radius 3 is 2.73 bits per heavy atom. The van der Waals surface area contributed by atoms with Gasteiger partial charge in [0.1, 0.15) is 5.82 Å². The van der Waals surface area contributed by atoms with Crippen LogP contribution in [0.1, 0.15) is 44.2 Å². The van der Waals surface area contributed by atoms with E-state index in [2.05, 4.69) is 22.9 Å². The van der Waals surface area contributed by atoms with E-state index in [0.29, 0.717) is 0 Å². The third-order valence-corrected chi connectivity index (χ3v) is 3.17. The van der Waals surface area contributed by atoms with Gasteiger partial charge in [0.25, 0.3) is 0 Å². The minimum absolute atomic E-state index is 0.00604. The highest BCUT2D eigenvalue weighted by atomic mass is 79.9. The Kier molecular flexibility index (Phi) is 5.26. The highest BCUT2D eigenvalue weighted by Gasteiger charge is 2.09. The molecule has 0 radical (unpaired) electrons. The number of rotatable bonds is 5. The topological polar surface area (TPSA) is 26.0 Å². The molecule has 0 fully saturated rings. The van der Waals surface area contributed by atoms with Gasteiger partial charge in [0.15, 0.2) is 0 Å². The molecule has 1 aromatic carbocycles. The van der Waals surface area contributed by atoms with E-state index >= 15 is 0 Å². The smallest absolute Gasteiger partial charge is 0.124 e. The van der Waals surface area contributed by atoms with E-state index in [1.165, 1.54) is 25.0 Å². The van der Waals surface area contributed by atoms with Gasteiger partial charge in [-0.2, -0.15) is 0 Å². The molecule has 0 amide bonds. The van der Waals surface area contributed by atoms with E-state index < -0.39 is 0 Å². The number of unbranched alkanes of at least 4 members (excludes halogenated alkanes) is 2. The molecule has 0 saturated heterocycles. The zero-order chi connectivity index (χ0) is 11.3. The Morgan fingerprint density at radius 2 is 2.13 bits per heavy atom. The summed E-state index contributed by atoms with van der Waals surface area (Å²) in [6, 6.07) is 4.69. The molecule has 0 bridgehead atoms. The molecule has 0 aliphatic rings. The van der Waals surface area contributed by atoms with Crippen molar-refractivity contribution in [3.8, 4) is 0 Å². The van der Waals surface area contributed by atoms with Gasteiger partial charge in [-0.15, -0.1) is 0 Å². The van der Waals surface area contributed by atoms with Gasteiger partial charge in [-0.25, -0.2) is 4.39 Å². The van der Waals surface area contributed by atoms with Gasteiger partial charge < -0.3 is 5.73 Å². The monoisotopic (exact) mass is 273 g/mol. The second kappa shape index (κ2) is 6.23. The van der Waals surface area contributed by atoms with E-state index in [0.717, 1.165) is 22.9 Å². The molecule has 0 aromatic heterocycles. The van der Waals surface area contributed by atoms with Crippen molar-refractivity contribution in [1.82, 2.24) is 0 Å². The van der Waals surface area contributed by atoms with Crippen molar-refractivity contribution in [3.05, 3.63) is 34.1 Å². The first kappa shape index (κ1) is 12.7. The summed E-state index contributed by atoms with van der Waals surface area (Å²) in [5.41, 5.74) is 7.03. The van der Waals surface area contributed by atoms with Crippen LogP contribution in [0.15, 0.2) is 22.7 Å². The van der Waals surface area contributed by atoms with Gasteiger partial charge >= 0.3 is 0 Å². The first-order valence-electron chi connectivity index (χ1n) is 5.35. The fourth-order valence-corrected chi connectivity index (χ4v) is 2.22. The maximum absolute atomic E-state index is 12.8. The number of benzene rings is 1. The van der Waals surface area contributed by atoms with Gasteiger partial charge in [-0.3, -0.25) is 0 Å². The van der Waals surface area contributed by atoms with Crippen LogP contribution in [0, 0.1) is 5.82 Å². The van der Waals surface area contributed by atoms with E-state index in [9.17, 15) is 4.39 Å². The van der Waals surface area contributed by atoms with Gasteiger partial charge in [-0.05, 0) is 24.1 Å². The summed E-state index contributed by atoms with van der Waals surface area (Å²) in [5, 5.41) is 0. The second-order valence-electron chi connectivity index (χ2n) is 3.77. The Balaban J connectivity index is 2.61. The third-order valence-electron chi connectivity index (χ3n) is 2.48. The average molecular weight is 274 g/mol. The summed E-state index contributed by atoms with van der Waals surface area (Å²) in [5.74, 6) is -0.230. The Hall–Kier alpha value is -0.410. The molecule has 0 aliphatic heterocycles. The van der Waals surface area contributed by atoms with Crippen LogP contribution in [0.3, 0.4) is 0 Å². The van der Waals surface area contributed by atoms with Gasteiger partial charge in [0.05, 0.1) is 0 Å². The molecule has 1 aromatic rings. The molecule has 0 heterocycles.